The number of hydrogen-bond donors (Lipinski definition) is 2. The fraction of sp³-hybridized carbons (Fsp3) is 0.267. The minimum atomic E-state index is -0.432. The van der Waals surface area contributed by atoms with E-state index in [2.05, 4.69) is 15.0 Å². The second kappa shape index (κ2) is 5.05. The topological polar surface area (TPSA) is 83.5 Å². The number of benzene rings is 1. The van der Waals surface area contributed by atoms with E-state index in [1.54, 1.807) is 0 Å². The van der Waals surface area contributed by atoms with Crippen molar-refractivity contribution in [2.24, 2.45) is 0 Å². The Labute approximate surface area is 120 Å². The molecule has 1 unspecified atom stereocenters. The van der Waals surface area contributed by atoms with Gasteiger partial charge in [-0.05, 0) is 12.5 Å². The summed E-state index contributed by atoms with van der Waals surface area (Å²) < 4.78 is 1.45. The van der Waals surface area contributed by atoms with Crippen molar-refractivity contribution in [3.05, 3.63) is 62.6 Å². The highest BCUT2D eigenvalue weighted by molar-refractivity contribution is 5.69. The van der Waals surface area contributed by atoms with E-state index in [4.69, 9.17) is 0 Å². The lowest BCUT2D eigenvalue weighted by molar-refractivity contribution is 0.717. The fourth-order valence-electron chi connectivity index (χ4n) is 2.46. The van der Waals surface area contributed by atoms with E-state index in [1.165, 1.54) is 4.57 Å². The van der Waals surface area contributed by atoms with Gasteiger partial charge in [0.2, 0.25) is 0 Å². The molecule has 0 spiro atoms. The monoisotopic (exact) mass is 284 g/mol. The Bertz CT molecular complexity index is 889. The van der Waals surface area contributed by atoms with Gasteiger partial charge in [0, 0.05) is 12.5 Å². The average Bonchev–Trinajstić information content (AvgIpc) is 2.93. The summed E-state index contributed by atoms with van der Waals surface area (Å²) in [6.07, 6.45) is 0. The second-order valence-corrected chi connectivity index (χ2v) is 4.96. The Kier molecular flexibility index (Phi) is 3.21. The first-order chi connectivity index (χ1) is 10.1. The molecule has 0 saturated carbocycles. The van der Waals surface area contributed by atoms with Crippen LogP contribution in [0.3, 0.4) is 0 Å². The van der Waals surface area contributed by atoms with Crippen LogP contribution in [0.5, 0.6) is 0 Å². The molecule has 2 N–H and O–H groups in total. The van der Waals surface area contributed by atoms with Gasteiger partial charge in [-0.1, -0.05) is 37.3 Å². The minimum absolute atomic E-state index is 0.0124. The van der Waals surface area contributed by atoms with E-state index in [9.17, 15) is 9.59 Å². The van der Waals surface area contributed by atoms with Crippen molar-refractivity contribution in [1.82, 2.24) is 19.5 Å². The molecule has 108 valence electrons. The number of imidazole rings is 1. The molecule has 21 heavy (non-hydrogen) atoms. The number of aryl methyl sites for hydroxylation is 1. The lowest BCUT2D eigenvalue weighted by Gasteiger charge is -2.07. The molecular weight excluding hydrogens is 268 g/mol. The molecule has 2 heterocycles. The molecule has 6 heteroatoms. The number of rotatable bonds is 3. The van der Waals surface area contributed by atoms with Gasteiger partial charge < -0.3 is 4.98 Å². The maximum Gasteiger partial charge on any atom is 0.330 e. The summed E-state index contributed by atoms with van der Waals surface area (Å²) in [7, 11) is 0. The van der Waals surface area contributed by atoms with E-state index >= 15 is 0 Å². The van der Waals surface area contributed by atoms with Crippen LogP contribution in [0.1, 0.15) is 31.2 Å². The Morgan fingerprint density at radius 2 is 1.90 bits per heavy atom. The van der Waals surface area contributed by atoms with Crippen molar-refractivity contribution < 1.29 is 0 Å². The Morgan fingerprint density at radius 3 is 2.57 bits per heavy atom. The number of nitrogens with one attached hydrogen (secondary N) is 2. The minimum Gasteiger partial charge on any atom is -0.336 e. The average molecular weight is 284 g/mol. The first-order valence-corrected chi connectivity index (χ1v) is 6.89. The van der Waals surface area contributed by atoms with Crippen LogP contribution in [0, 0.1) is 0 Å². The van der Waals surface area contributed by atoms with E-state index in [1.807, 2.05) is 44.2 Å². The number of aromatic nitrogens is 4. The summed E-state index contributed by atoms with van der Waals surface area (Å²) in [5, 5.41) is 0. The summed E-state index contributed by atoms with van der Waals surface area (Å²) >= 11 is 0. The van der Waals surface area contributed by atoms with E-state index in [-0.39, 0.29) is 5.92 Å². The molecule has 3 rings (SSSR count). The molecule has 0 fully saturated rings. The molecule has 2 aromatic heterocycles. The zero-order valence-electron chi connectivity index (χ0n) is 11.9. The summed E-state index contributed by atoms with van der Waals surface area (Å²) in [5.41, 5.74) is 0.982. The fourth-order valence-corrected chi connectivity index (χ4v) is 2.46. The summed E-state index contributed by atoms with van der Waals surface area (Å²) in [5.74, 6) is 0.688. The second-order valence-electron chi connectivity index (χ2n) is 4.96. The van der Waals surface area contributed by atoms with Gasteiger partial charge in [-0.2, -0.15) is 0 Å². The molecule has 0 aliphatic carbocycles. The van der Waals surface area contributed by atoms with Crippen molar-refractivity contribution in [3.63, 3.8) is 0 Å². The Hall–Kier alpha value is -2.63. The molecule has 0 aliphatic heterocycles. The van der Waals surface area contributed by atoms with E-state index < -0.39 is 11.2 Å². The van der Waals surface area contributed by atoms with Gasteiger partial charge >= 0.3 is 5.69 Å². The van der Waals surface area contributed by atoms with Gasteiger partial charge in [-0.25, -0.2) is 9.78 Å². The predicted molar refractivity (Wildman–Crippen MR) is 80.6 cm³/mol. The third kappa shape index (κ3) is 2.18. The van der Waals surface area contributed by atoms with Crippen LogP contribution in [0.25, 0.3) is 11.2 Å². The number of nitrogens with zero attached hydrogens (tertiary/aromatic N) is 2. The van der Waals surface area contributed by atoms with Crippen molar-refractivity contribution in [2.75, 3.05) is 0 Å². The van der Waals surface area contributed by atoms with Crippen LogP contribution in [-0.4, -0.2) is 19.5 Å². The number of fused-ring (bicyclic) bond motifs is 1. The van der Waals surface area contributed by atoms with Crippen LogP contribution in [-0.2, 0) is 6.54 Å². The van der Waals surface area contributed by atoms with Gasteiger partial charge in [0.15, 0.2) is 5.65 Å². The van der Waals surface area contributed by atoms with Crippen LogP contribution in [0.4, 0.5) is 0 Å². The lowest BCUT2D eigenvalue weighted by Crippen LogP contribution is -2.29. The van der Waals surface area contributed by atoms with Gasteiger partial charge in [-0.15, -0.1) is 0 Å². The molecular formula is C15H16N4O2. The van der Waals surface area contributed by atoms with E-state index in [0.29, 0.717) is 23.5 Å². The summed E-state index contributed by atoms with van der Waals surface area (Å²) in [4.78, 5) is 33.5. The van der Waals surface area contributed by atoms with Gasteiger partial charge in [-0.3, -0.25) is 14.3 Å². The van der Waals surface area contributed by atoms with E-state index in [0.717, 1.165) is 5.56 Å². The standard InChI is InChI=1S/C15H16N4O2/c1-3-19-13-11(14(20)18-15(19)21)16-12(17-13)9(2)10-7-5-4-6-8-10/h4-9H,3H2,1-2H3,(H,16,17)(H,18,20,21). The molecule has 0 saturated heterocycles. The predicted octanol–water partition coefficient (Wildman–Crippen LogP) is 1.58. The molecule has 3 aromatic rings. The van der Waals surface area contributed by atoms with Gasteiger partial charge in [0.05, 0.1) is 0 Å². The maximum absolute atomic E-state index is 11.9. The lowest BCUT2D eigenvalue weighted by atomic mass is 10.0. The smallest absolute Gasteiger partial charge is 0.330 e. The Balaban J connectivity index is 2.20. The highest BCUT2D eigenvalue weighted by Gasteiger charge is 2.16. The molecule has 1 aromatic carbocycles. The van der Waals surface area contributed by atoms with Gasteiger partial charge in [0.1, 0.15) is 11.3 Å². The first kappa shape index (κ1) is 13.4. The number of aromatic amines is 2. The third-order valence-electron chi connectivity index (χ3n) is 3.68. The highest BCUT2D eigenvalue weighted by Crippen LogP contribution is 2.22. The van der Waals surface area contributed by atoms with Crippen LogP contribution in [0.15, 0.2) is 39.9 Å². The largest absolute Gasteiger partial charge is 0.336 e. The van der Waals surface area contributed by atoms with Crippen LogP contribution < -0.4 is 11.2 Å². The SMILES string of the molecule is CCn1c(=O)[nH]c(=O)c2[nH]c(C(C)c3ccccc3)nc21. The molecule has 0 bridgehead atoms. The number of H-pyrrole nitrogens is 2. The number of hydrogen-bond acceptors (Lipinski definition) is 3. The van der Waals surface area contributed by atoms with Crippen molar-refractivity contribution in [3.8, 4) is 0 Å². The van der Waals surface area contributed by atoms with Crippen LogP contribution >= 0.6 is 0 Å². The van der Waals surface area contributed by atoms with Gasteiger partial charge in [0.25, 0.3) is 5.56 Å². The summed E-state index contributed by atoms with van der Waals surface area (Å²) in [6.45, 7) is 4.31. The molecule has 1 atom stereocenters. The zero-order chi connectivity index (χ0) is 15.0. The zero-order valence-corrected chi connectivity index (χ0v) is 11.9. The first-order valence-electron chi connectivity index (χ1n) is 6.89. The summed E-state index contributed by atoms with van der Waals surface area (Å²) in [6, 6.07) is 9.89. The molecule has 0 aliphatic rings. The normalized spacial score (nSPS) is 12.7. The molecule has 6 nitrogen and oxygen atoms in total. The van der Waals surface area contributed by atoms with Crippen molar-refractivity contribution >= 4 is 11.2 Å². The highest BCUT2D eigenvalue weighted by atomic mass is 16.2. The third-order valence-corrected chi connectivity index (χ3v) is 3.68. The maximum atomic E-state index is 11.9. The molecule has 0 radical (unpaired) electrons. The quantitative estimate of drug-likeness (QED) is 0.766. The van der Waals surface area contributed by atoms with Crippen LogP contribution in [0.2, 0.25) is 0 Å². The van der Waals surface area contributed by atoms with Crippen molar-refractivity contribution in [2.45, 2.75) is 26.3 Å². The Morgan fingerprint density at radius 1 is 1.19 bits per heavy atom. The van der Waals surface area contributed by atoms with Crippen molar-refractivity contribution in [1.29, 1.82) is 0 Å². The molecule has 0 amide bonds.